The highest BCUT2D eigenvalue weighted by molar-refractivity contribution is 7.88. The monoisotopic (exact) mass is 581 g/mol. The summed E-state index contributed by atoms with van der Waals surface area (Å²) < 4.78 is 28.7. The van der Waals surface area contributed by atoms with Gasteiger partial charge in [0.25, 0.3) is 11.2 Å². The van der Waals surface area contributed by atoms with Crippen LogP contribution in [-0.4, -0.2) is 53.6 Å². The molecule has 1 fully saturated rings. The Balaban J connectivity index is 1.36. The highest BCUT2D eigenvalue weighted by Gasteiger charge is 2.29. The van der Waals surface area contributed by atoms with Crippen molar-refractivity contribution in [3.8, 4) is 16.9 Å². The molecule has 4 aromatic carbocycles. The zero-order valence-electron chi connectivity index (χ0n) is 22.5. The Morgan fingerprint density at radius 2 is 1.40 bits per heavy atom. The molecule has 1 saturated heterocycles. The lowest BCUT2D eigenvalue weighted by atomic mass is 10.1. The Kier molecular flexibility index (Phi) is 7.27. The van der Waals surface area contributed by atoms with Crippen molar-refractivity contribution in [3.63, 3.8) is 0 Å². The van der Waals surface area contributed by atoms with Crippen molar-refractivity contribution in [1.29, 1.82) is 0 Å². The molecular weight excluding hydrogens is 554 g/mol. The van der Waals surface area contributed by atoms with E-state index in [1.807, 2.05) is 65.6 Å². The van der Waals surface area contributed by atoms with Gasteiger partial charge in [-0.3, -0.25) is 14.9 Å². The first kappa shape index (κ1) is 27.3. The van der Waals surface area contributed by atoms with Gasteiger partial charge in [0.15, 0.2) is 0 Å². The van der Waals surface area contributed by atoms with Crippen LogP contribution in [0.1, 0.15) is 5.56 Å². The van der Waals surface area contributed by atoms with Crippen molar-refractivity contribution < 1.29 is 13.3 Å². The molecule has 1 aromatic heterocycles. The average Bonchev–Trinajstić information content (AvgIpc) is 3.02. The van der Waals surface area contributed by atoms with Crippen molar-refractivity contribution in [2.45, 2.75) is 5.75 Å². The number of nitro benzene ring substituents is 1. The molecule has 212 valence electrons. The Bertz CT molecular complexity index is 1940. The molecule has 1 aliphatic rings. The standard InChI is InChI=1S/C31H27N5O5S/c37-31-27-14-8-7-13-26(27)30(24-11-5-2-6-12-24)32-35(31)29-21-25(15-16-28(29)36(38)39)33-17-19-34(20-18-33)42(40,41)22-23-9-3-1-4-10-23/h1-16,21H,17-20,22H2. The van der Waals surface area contributed by atoms with Gasteiger partial charge in [-0.1, -0.05) is 78.9 Å². The molecule has 42 heavy (non-hydrogen) atoms. The molecule has 1 aliphatic heterocycles. The van der Waals surface area contributed by atoms with Gasteiger partial charge >= 0.3 is 0 Å². The van der Waals surface area contributed by atoms with Crippen molar-refractivity contribution in [3.05, 3.63) is 129 Å². The molecule has 0 radical (unpaired) electrons. The minimum atomic E-state index is -3.51. The minimum Gasteiger partial charge on any atom is -0.369 e. The first-order valence-electron chi connectivity index (χ1n) is 13.4. The number of sulfonamides is 1. The fourth-order valence-electron chi connectivity index (χ4n) is 5.30. The Labute approximate surface area is 242 Å². The topological polar surface area (TPSA) is 119 Å². The second-order valence-electron chi connectivity index (χ2n) is 10.0. The zero-order valence-corrected chi connectivity index (χ0v) is 23.4. The highest BCUT2D eigenvalue weighted by Crippen LogP contribution is 2.31. The van der Waals surface area contributed by atoms with Crippen molar-refractivity contribution in [2.75, 3.05) is 31.1 Å². The summed E-state index contributed by atoms with van der Waals surface area (Å²) in [4.78, 5) is 27.2. The fraction of sp³-hybridized carbons (Fsp3) is 0.161. The van der Waals surface area contributed by atoms with E-state index in [-0.39, 0.29) is 30.2 Å². The van der Waals surface area contributed by atoms with Crippen LogP contribution < -0.4 is 10.5 Å². The lowest BCUT2D eigenvalue weighted by molar-refractivity contribution is -0.384. The molecule has 6 rings (SSSR count). The lowest BCUT2D eigenvalue weighted by Gasteiger charge is -2.35. The van der Waals surface area contributed by atoms with Crippen molar-refractivity contribution >= 4 is 32.2 Å². The third kappa shape index (κ3) is 5.27. The maximum Gasteiger partial charge on any atom is 0.295 e. The SMILES string of the molecule is O=c1c2ccccc2c(-c2ccccc2)nn1-c1cc(N2CCN(S(=O)(=O)Cc3ccccc3)CC2)ccc1[N+](=O)[O-]. The Morgan fingerprint density at radius 3 is 2.07 bits per heavy atom. The largest absolute Gasteiger partial charge is 0.369 e. The molecule has 0 saturated carbocycles. The Hall–Kier alpha value is -4.87. The van der Waals surface area contributed by atoms with Crippen LogP contribution in [0.25, 0.3) is 27.7 Å². The van der Waals surface area contributed by atoms with Gasteiger partial charge in [0.2, 0.25) is 10.0 Å². The normalized spacial score (nSPS) is 14.2. The molecule has 0 N–H and O–H groups in total. The van der Waals surface area contributed by atoms with Gasteiger partial charge in [-0.05, 0) is 23.8 Å². The molecule has 10 nitrogen and oxygen atoms in total. The number of hydrogen-bond donors (Lipinski definition) is 0. The third-order valence-electron chi connectivity index (χ3n) is 7.43. The van der Waals surface area contributed by atoms with Crippen LogP contribution in [0.3, 0.4) is 0 Å². The lowest BCUT2D eigenvalue weighted by Crippen LogP contribution is -2.49. The number of piperazine rings is 1. The summed E-state index contributed by atoms with van der Waals surface area (Å²) in [7, 11) is -3.51. The molecule has 0 unspecified atom stereocenters. The fourth-order valence-corrected chi connectivity index (χ4v) is 6.81. The molecular formula is C31H27N5O5S. The van der Waals surface area contributed by atoms with Gasteiger partial charge in [0.05, 0.1) is 21.8 Å². The van der Waals surface area contributed by atoms with Gasteiger partial charge in [-0.2, -0.15) is 14.1 Å². The number of hydrogen-bond acceptors (Lipinski definition) is 7. The summed E-state index contributed by atoms with van der Waals surface area (Å²) in [5, 5.41) is 17.8. The molecule has 5 aromatic rings. The van der Waals surface area contributed by atoms with Crippen molar-refractivity contribution in [2.24, 2.45) is 0 Å². The van der Waals surface area contributed by atoms with Gasteiger partial charge < -0.3 is 4.90 Å². The smallest absolute Gasteiger partial charge is 0.295 e. The molecule has 0 spiro atoms. The molecule has 0 aliphatic carbocycles. The number of rotatable bonds is 7. The molecule has 0 atom stereocenters. The van der Waals surface area contributed by atoms with Crippen LogP contribution in [0.15, 0.2) is 108 Å². The average molecular weight is 582 g/mol. The maximum absolute atomic E-state index is 13.7. The summed E-state index contributed by atoms with van der Waals surface area (Å²) in [5.74, 6) is -0.0736. The summed E-state index contributed by atoms with van der Waals surface area (Å²) in [6, 6.07) is 30.1. The number of anilines is 1. The first-order chi connectivity index (χ1) is 20.3. The second kappa shape index (κ2) is 11.2. The van der Waals surface area contributed by atoms with E-state index in [1.165, 1.54) is 10.4 Å². The highest BCUT2D eigenvalue weighted by atomic mass is 32.2. The van der Waals surface area contributed by atoms with E-state index in [0.29, 0.717) is 35.2 Å². The van der Waals surface area contributed by atoms with Gasteiger partial charge in [0.1, 0.15) is 5.69 Å². The van der Waals surface area contributed by atoms with Crippen LogP contribution in [0.4, 0.5) is 11.4 Å². The van der Waals surface area contributed by atoms with E-state index >= 15 is 0 Å². The van der Waals surface area contributed by atoms with E-state index in [1.54, 1.807) is 36.4 Å². The van der Waals surface area contributed by atoms with Gasteiger partial charge in [0, 0.05) is 48.9 Å². The summed E-state index contributed by atoms with van der Waals surface area (Å²) in [6.45, 7) is 1.32. The maximum atomic E-state index is 13.7. The summed E-state index contributed by atoms with van der Waals surface area (Å²) in [6.07, 6.45) is 0. The van der Waals surface area contributed by atoms with Crippen LogP contribution in [0.2, 0.25) is 0 Å². The predicted octanol–water partition coefficient (Wildman–Crippen LogP) is 4.61. The first-order valence-corrected chi connectivity index (χ1v) is 15.1. The quantitative estimate of drug-likeness (QED) is 0.203. The second-order valence-corrected chi connectivity index (χ2v) is 12.0. The van der Waals surface area contributed by atoms with Crippen LogP contribution in [-0.2, 0) is 15.8 Å². The number of fused-ring (bicyclic) bond motifs is 1. The van der Waals surface area contributed by atoms with E-state index in [2.05, 4.69) is 5.10 Å². The van der Waals surface area contributed by atoms with Crippen LogP contribution in [0, 0.1) is 10.1 Å². The van der Waals surface area contributed by atoms with E-state index < -0.39 is 20.5 Å². The Morgan fingerprint density at radius 1 is 0.786 bits per heavy atom. The van der Waals surface area contributed by atoms with E-state index in [0.717, 1.165) is 15.8 Å². The van der Waals surface area contributed by atoms with Gasteiger partial charge in [-0.15, -0.1) is 0 Å². The molecule has 11 heteroatoms. The van der Waals surface area contributed by atoms with Crippen LogP contribution >= 0.6 is 0 Å². The number of nitrogens with zero attached hydrogens (tertiary/aromatic N) is 5. The molecule has 2 heterocycles. The number of nitro groups is 1. The van der Waals surface area contributed by atoms with E-state index in [9.17, 15) is 23.3 Å². The van der Waals surface area contributed by atoms with Gasteiger partial charge in [-0.25, -0.2) is 8.42 Å². The number of aromatic nitrogens is 2. The summed E-state index contributed by atoms with van der Waals surface area (Å²) in [5.41, 5.74) is 1.98. The van der Waals surface area contributed by atoms with E-state index in [4.69, 9.17) is 0 Å². The zero-order chi connectivity index (χ0) is 29.3. The third-order valence-corrected chi connectivity index (χ3v) is 9.28. The molecule has 0 bridgehead atoms. The van der Waals surface area contributed by atoms with Crippen molar-refractivity contribution in [1.82, 2.24) is 14.1 Å². The molecule has 0 amide bonds. The summed E-state index contributed by atoms with van der Waals surface area (Å²) >= 11 is 0. The van der Waals surface area contributed by atoms with Crippen LogP contribution in [0.5, 0.6) is 0 Å². The number of benzene rings is 4. The predicted molar refractivity (Wildman–Crippen MR) is 162 cm³/mol. The minimum absolute atomic E-state index is 0.0459.